The molecule has 0 saturated heterocycles. The van der Waals surface area contributed by atoms with Crippen molar-refractivity contribution in [2.24, 2.45) is 11.3 Å². The molecule has 1 aromatic rings. The molecule has 0 radical (unpaired) electrons. The Labute approximate surface area is 129 Å². The Morgan fingerprint density at radius 3 is 2.57 bits per heavy atom. The van der Waals surface area contributed by atoms with Crippen LogP contribution in [-0.4, -0.2) is 25.5 Å². The molecule has 0 spiro atoms. The van der Waals surface area contributed by atoms with Gasteiger partial charge in [0.25, 0.3) is 0 Å². The van der Waals surface area contributed by atoms with Gasteiger partial charge in [-0.3, -0.25) is 4.68 Å². The zero-order valence-corrected chi connectivity index (χ0v) is 14.1. The second-order valence-corrected chi connectivity index (χ2v) is 7.42. The van der Waals surface area contributed by atoms with Crippen LogP contribution in [0.3, 0.4) is 0 Å². The van der Waals surface area contributed by atoms with Crippen molar-refractivity contribution < 1.29 is 5.11 Å². The largest absolute Gasteiger partial charge is 0.389 e. The number of nitrogens with zero attached hydrogens (tertiary/aromatic N) is 3. The highest BCUT2D eigenvalue weighted by molar-refractivity contribution is 4.98. The van der Waals surface area contributed by atoms with Gasteiger partial charge in [-0.25, -0.2) is 4.98 Å². The molecule has 1 saturated carbocycles. The SMILES string of the molecule is CCCn1ncnc1CC1(O)CCC(C(C)(C)CC)CC1. The summed E-state index contributed by atoms with van der Waals surface area (Å²) in [6.07, 6.45) is 8.54. The summed E-state index contributed by atoms with van der Waals surface area (Å²) in [6, 6.07) is 0. The van der Waals surface area contributed by atoms with Crippen LogP contribution in [0.2, 0.25) is 0 Å². The molecule has 120 valence electrons. The maximum Gasteiger partial charge on any atom is 0.138 e. The summed E-state index contributed by atoms with van der Waals surface area (Å²) in [4.78, 5) is 4.35. The molecule has 0 atom stereocenters. The van der Waals surface area contributed by atoms with E-state index in [4.69, 9.17) is 0 Å². The lowest BCUT2D eigenvalue weighted by Gasteiger charge is -2.42. The standard InChI is InChI=1S/C17H31N3O/c1-5-11-20-15(18-13-19-20)12-17(21)9-7-14(8-10-17)16(3,4)6-2/h13-14,21H,5-12H2,1-4H3. The van der Waals surface area contributed by atoms with E-state index in [1.165, 1.54) is 6.42 Å². The van der Waals surface area contributed by atoms with Gasteiger partial charge in [-0.2, -0.15) is 5.10 Å². The molecule has 4 nitrogen and oxygen atoms in total. The molecule has 2 rings (SSSR count). The molecule has 21 heavy (non-hydrogen) atoms. The Hall–Kier alpha value is -0.900. The summed E-state index contributed by atoms with van der Waals surface area (Å²) in [5, 5.41) is 15.2. The first-order valence-corrected chi connectivity index (χ1v) is 8.49. The van der Waals surface area contributed by atoms with Gasteiger partial charge in [0.2, 0.25) is 0 Å². The molecule has 0 unspecified atom stereocenters. The van der Waals surface area contributed by atoms with Crippen LogP contribution in [0.1, 0.15) is 72.0 Å². The first kappa shape index (κ1) is 16.5. The smallest absolute Gasteiger partial charge is 0.138 e. The van der Waals surface area contributed by atoms with Crippen molar-refractivity contribution >= 4 is 0 Å². The van der Waals surface area contributed by atoms with Crippen molar-refractivity contribution in [1.82, 2.24) is 14.8 Å². The summed E-state index contributed by atoms with van der Waals surface area (Å²) in [7, 11) is 0. The summed E-state index contributed by atoms with van der Waals surface area (Å²) < 4.78 is 1.94. The number of aryl methyl sites for hydroxylation is 1. The zero-order valence-electron chi connectivity index (χ0n) is 14.1. The fourth-order valence-electron chi connectivity index (χ4n) is 3.52. The Kier molecular flexibility index (Phi) is 5.07. The van der Waals surface area contributed by atoms with Gasteiger partial charge in [-0.1, -0.05) is 34.1 Å². The van der Waals surface area contributed by atoms with Crippen LogP contribution in [0.4, 0.5) is 0 Å². The van der Waals surface area contributed by atoms with E-state index in [0.717, 1.165) is 50.4 Å². The number of hydrogen-bond donors (Lipinski definition) is 1. The van der Waals surface area contributed by atoms with Crippen molar-refractivity contribution in [3.63, 3.8) is 0 Å². The van der Waals surface area contributed by atoms with E-state index in [0.29, 0.717) is 11.8 Å². The third-order valence-electron chi connectivity index (χ3n) is 5.55. The Bertz CT molecular complexity index is 445. The lowest BCUT2D eigenvalue weighted by Crippen LogP contribution is -2.40. The Morgan fingerprint density at radius 1 is 1.33 bits per heavy atom. The van der Waals surface area contributed by atoms with Gasteiger partial charge in [0.05, 0.1) is 5.60 Å². The molecule has 1 aromatic heterocycles. The van der Waals surface area contributed by atoms with Crippen molar-refractivity contribution in [3.8, 4) is 0 Å². The van der Waals surface area contributed by atoms with Crippen molar-refractivity contribution in [2.45, 2.75) is 84.8 Å². The average Bonchev–Trinajstić information content (AvgIpc) is 2.86. The van der Waals surface area contributed by atoms with Crippen LogP contribution in [0.15, 0.2) is 6.33 Å². The Balaban J connectivity index is 1.97. The van der Waals surface area contributed by atoms with Crippen LogP contribution >= 0.6 is 0 Å². The van der Waals surface area contributed by atoms with Gasteiger partial charge in [-0.05, 0) is 43.4 Å². The van der Waals surface area contributed by atoms with Gasteiger partial charge in [0.15, 0.2) is 0 Å². The number of aromatic nitrogens is 3. The molecule has 1 fully saturated rings. The molecule has 0 aromatic carbocycles. The molecule has 1 aliphatic carbocycles. The zero-order chi connectivity index (χ0) is 15.5. The van der Waals surface area contributed by atoms with Crippen molar-refractivity contribution in [3.05, 3.63) is 12.2 Å². The molecular formula is C17H31N3O. The lowest BCUT2D eigenvalue weighted by molar-refractivity contribution is -0.0296. The fourth-order valence-corrected chi connectivity index (χ4v) is 3.52. The van der Waals surface area contributed by atoms with Gasteiger partial charge in [0.1, 0.15) is 12.2 Å². The predicted molar refractivity (Wildman–Crippen MR) is 85.0 cm³/mol. The Morgan fingerprint density at radius 2 is 2.00 bits per heavy atom. The van der Waals surface area contributed by atoms with E-state index in [1.807, 2.05) is 4.68 Å². The molecular weight excluding hydrogens is 262 g/mol. The summed E-state index contributed by atoms with van der Waals surface area (Å²) >= 11 is 0. The first-order valence-electron chi connectivity index (χ1n) is 8.49. The minimum atomic E-state index is -0.584. The molecule has 0 aliphatic heterocycles. The van der Waals surface area contributed by atoms with Crippen LogP contribution in [0.5, 0.6) is 0 Å². The molecule has 1 heterocycles. The minimum absolute atomic E-state index is 0.392. The predicted octanol–water partition coefficient (Wildman–Crippen LogP) is 3.59. The van der Waals surface area contributed by atoms with Crippen LogP contribution in [-0.2, 0) is 13.0 Å². The van der Waals surface area contributed by atoms with Gasteiger partial charge in [-0.15, -0.1) is 0 Å². The van der Waals surface area contributed by atoms with Crippen LogP contribution in [0, 0.1) is 11.3 Å². The number of aliphatic hydroxyl groups is 1. The van der Waals surface area contributed by atoms with E-state index in [-0.39, 0.29) is 0 Å². The lowest BCUT2D eigenvalue weighted by atomic mass is 9.66. The molecule has 0 bridgehead atoms. The summed E-state index contributed by atoms with van der Waals surface area (Å²) in [5.74, 6) is 1.67. The number of rotatable bonds is 6. The van der Waals surface area contributed by atoms with Gasteiger partial charge < -0.3 is 5.11 Å². The quantitative estimate of drug-likeness (QED) is 0.872. The average molecular weight is 293 g/mol. The maximum atomic E-state index is 10.9. The second-order valence-electron chi connectivity index (χ2n) is 7.42. The van der Waals surface area contributed by atoms with Gasteiger partial charge in [0, 0.05) is 13.0 Å². The van der Waals surface area contributed by atoms with Crippen LogP contribution < -0.4 is 0 Å². The highest BCUT2D eigenvalue weighted by atomic mass is 16.3. The highest BCUT2D eigenvalue weighted by Crippen LogP contribution is 2.44. The molecule has 4 heteroatoms. The van der Waals surface area contributed by atoms with Gasteiger partial charge >= 0.3 is 0 Å². The normalized spacial score (nSPS) is 27.0. The summed E-state index contributed by atoms with van der Waals surface area (Å²) in [6.45, 7) is 10.0. The minimum Gasteiger partial charge on any atom is -0.389 e. The van der Waals surface area contributed by atoms with Crippen molar-refractivity contribution in [1.29, 1.82) is 0 Å². The van der Waals surface area contributed by atoms with E-state index < -0.39 is 5.60 Å². The van der Waals surface area contributed by atoms with E-state index in [1.54, 1.807) is 6.33 Å². The molecule has 1 N–H and O–H groups in total. The number of hydrogen-bond acceptors (Lipinski definition) is 3. The molecule has 0 amide bonds. The highest BCUT2D eigenvalue weighted by Gasteiger charge is 2.39. The van der Waals surface area contributed by atoms with E-state index in [9.17, 15) is 5.11 Å². The van der Waals surface area contributed by atoms with Crippen molar-refractivity contribution in [2.75, 3.05) is 0 Å². The maximum absolute atomic E-state index is 10.9. The third kappa shape index (κ3) is 3.85. The fraction of sp³-hybridized carbons (Fsp3) is 0.882. The van der Waals surface area contributed by atoms with E-state index in [2.05, 4.69) is 37.8 Å². The molecule has 1 aliphatic rings. The van der Waals surface area contributed by atoms with Crippen LogP contribution in [0.25, 0.3) is 0 Å². The second kappa shape index (κ2) is 6.47. The first-order chi connectivity index (χ1) is 9.90. The monoisotopic (exact) mass is 293 g/mol. The van der Waals surface area contributed by atoms with E-state index >= 15 is 0 Å². The summed E-state index contributed by atoms with van der Waals surface area (Å²) in [5.41, 5.74) is -0.192. The third-order valence-corrected chi connectivity index (χ3v) is 5.55. The topological polar surface area (TPSA) is 50.9 Å².